The summed E-state index contributed by atoms with van der Waals surface area (Å²) in [5.41, 5.74) is 3.06. The highest BCUT2D eigenvalue weighted by molar-refractivity contribution is 9.10. The topological polar surface area (TPSA) is 50.8 Å². The second-order valence-corrected chi connectivity index (χ2v) is 6.50. The molecule has 0 saturated carbocycles. The van der Waals surface area contributed by atoms with E-state index >= 15 is 0 Å². The Morgan fingerprint density at radius 2 is 1.71 bits per heavy atom. The first-order chi connectivity index (χ1) is 11.6. The third kappa shape index (κ3) is 3.48. The Bertz CT molecular complexity index is 747. The fraction of sp³-hybridized carbons (Fsp3) is 0.278. The van der Waals surface area contributed by atoms with Gasteiger partial charge in [0, 0.05) is 23.2 Å². The second-order valence-electron chi connectivity index (χ2n) is 5.58. The van der Waals surface area contributed by atoms with Gasteiger partial charge >= 0.3 is 6.03 Å². The van der Waals surface area contributed by atoms with Crippen LogP contribution in [0.15, 0.2) is 40.9 Å². The van der Waals surface area contributed by atoms with Gasteiger partial charge in [-0.2, -0.15) is 0 Å². The van der Waals surface area contributed by atoms with Crippen molar-refractivity contribution < 1.29 is 14.3 Å². The Morgan fingerprint density at radius 3 is 2.33 bits per heavy atom. The average molecular weight is 391 g/mol. The first-order valence-corrected chi connectivity index (χ1v) is 8.45. The number of hydrogen-bond acceptors (Lipinski definition) is 3. The van der Waals surface area contributed by atoms with Crippen LogP contribution in [0.2, 0.25) is 0 Å². The predicted octanol–water partition coefficient (Wildman–Crippen LogP) is 4.06. The summed E-state index contributed by atoms with van der Waals surface area (Å²) in [6.45, 7) is 1.23. The van der Waals surface area contributed by atoms with Crippen molar-refractivity contribution in [2.45, 2.75) is 13.0 Å². The van der Waals surface area contributed by atoms with E-state index < -0.39 is 0 Å². The van der Waals surface area contributed by atoms with E-state index in [0.29, 0.717) is 18.8 Å². The van der Waals surface area contributed by atoms with Gasteiger partial charge in [0.15, 0.2) is 11.5 Å². The number of amides is 2. The van der Waals surface area contributed by atoms with Gasteiger partial charge in [0.2, 0.25) is 0 Å². The highest BCUT2D eigenvalue weighted by atomic mass is 79.9. The van der Waals surface area contributed by atoms with Crippen LogP contribution < -0.4 is 14.8 Å². The quantitative estimate of drug-likeness (QED) is 0.859. The fourth-order valence-electron chi connectivity index (χ4n) is 2.79. The maximum absolute atomic E-state index is 12.5. The first kappa shape index (κ1) is 16.6. The lowest BCUT2D eigenvalue weighted by Gasteiger charge is -2.29. The molecule has 2 amide bonds. The van der Waals surface area contributed by atoms with Crippen LogP contribution in [0.25, 0.3) is 0 Å². The molecule has 126 valence electrons. The van der Waals surface area contributed by atoms with Crippen molar-refractivity contribution in [2.75, 3.05) is 26.1 Å². The van der Waals surface area contributed by atoms with Crippen LogP contribution in [0.3, 0.4) is 0 Å². The third-order valence-corrected chi connectivity index (χ3v) is 4.63. The Hall–Kier alpha value is -2.21. The van der Waals surface area contributed by atoms with Crippen molar-refractivity contribution >= 4 is 27.6 Å². The number of rotatable bonds is 3. The standard InChI is InChI=1S/C18H19BrN2O3/c1-23-16-9-12-7-8-21(11-13(12)10-17(16)24-2)18(22)20-15-5-3-14(19)4-6-15/h3-6,9-10H,7-8,11H2,1-2H3,(H,20,22). The minimum atomic E-state index is -0.0993. The highest BCUT2D eigenvalue weighted by Crippen LogP contribution is 2.33. The molecule has 0 atom stereocenters. The summed E-state index contributed by atoms with van der Waals surface area (Å²) in [5, 5.41) is 2.93. The molecule has 0 bridgehead atoms. The molecule has 0 saturated heterocycles. The molecule has 2 aromatic carbocycles. The SMILES string of the molecule is COc1cc2c(cc1OC)CN(C(=O)Nc1ccc(Br)cc1)CC2. The normalized spacial score (nSPS) is 13.2. The van der Waals surface area contributed by atoms with Gasteiger partial charge in [-0.1, -0.05) is 15.9 Å². The lowest BCUT2D eigenvalue weighted by molar-refractivity contribution is 0.206. The second kappa shape index (κ2) is 7.13. The van der Waals surface area contributed by atoms with Gasteiger partial charge in [0.1, 0.15) is 0 Å². The number of halogens is 1. The molecule has 1 heterocycles. The average Bonchev–Trinajstić information content (AvgIpc) is 2.61. The van der Waals surface area contributed by atoms with Crippen molar-refractivity contribution in [1.82, 2.24) is 4.90 Å². The van der Waals surface area contributed by atoms with E-state index in [2.05, 4.69) is 21.2 Å². The summed E-state index contributed by atoms with van der Waals surface area (Å²) < 4.78 is 11.7. The van der Waals surface area contributed by atoms with E-state index in [4.69, 9.17) is 9.47 Å². The molecule has 5 nitrogen and oxygen atoms in total. The number of methoxy groups -OCH3 is 2. The molecule has 0 spiro atoms. The number of fused-ring (bicyclic) bond motifs is 1. The van der Waals surface area contributed by atoms with Crippen LogP contribution in [-0.2, 0) is 13.0 Å². The van der Waals surface area contributed by atoms with Crippen LogP contribution in [0.5, 0.6) is 11.5 Å². The number of nitrogens with zero attached hydrogens (tertiary/aromatic N) is 1. The first-order valence-electron chi connectivity index (χ1n) is 7.66. The Morgan fingerprint density at radius 1 is 1.08 bits per heavy atom. The molecule has 3 rings (SSSR count). The minimum Gasteiger partial charge on any atom is -0.493 e. The number of carbonyl (C=O) groups is 1. The summed E-state index contributed by atoms with van der Waals surface area (Å²) in [7, 11) is 3.25. The molecular formula is C18H19BrN2O3. The maximum Gasteiger partial charge on any atom is 0.322 e. The van der Waals surface area contributed by atoms with Crippen molar-refractivity contribution in [3.63, 3.8) is 0 Å². The third-order valence-electron chi connectivity index (χ3n) is 4.10. The van der Waals surface area contributed by atoms with Crippen LogP contribution in [0.4, 0.5) is 10.5 Å². The molecule has 1 aliphatic heterocycles. The van der Waals surface area contributed by atoms with E-state index in [1.165, 1.54) is 5.56 Å². The number of hydrogen-bond donors (Lipinski definition) is 1. The molecule has 1 N–H and O–H groups in total. The Labute approximate surface area is 149 Å². The van der Waals surface area contributed by atoms with Crippen LogP contribution in [0.1, 0.15) is 11.1 Å². The molecule has 24 heavy (non-hydrogen) atoms. The number of ether oxygens (including phenoxy) is 2. The summed E-state index contributed by atoms with van der Waals surface area (Å²) in [6.07, 6.45) is 0.795. The van der Waals surface area contributed by atoms with Gasteiger partial charge < -0.3 is 19.7 Å². The van der Waals surface area contributed by atoms with Crippen LogP contribution >= 0.6 is 15.9 Å². The van der Waals surface area contributed by atoms with Crippen molar-refractivity contribution in [1.29, 1.82) is 0 Å². The zero-order chi connectivity index (χ0) is 17.1. The molecule has 6 heteroatoms. The van der Waals surface area contributed by atoms with Crippen molar-refractivity contribution in [3.8, 4) is 11.5 Å². The van der Waals surface area contributed by atoms with E-state index in [1.54, 1.807) is 19.1 Å². The molecule has 0 unspecified atom stereocenters. The zero-order valence-corrected chi connectivity index (χ0v) is 15.2. The lowest BCUT2D eigenvalue weighted by Crippen LogP contribution is -2.38. The summed E-state index contributed by atoms with van der Waals surface area (Å²) in [4.78, 5) is 14.3. The van der Waals surface area contributed by atoms with Crippen LogP contribution in [-0.4, -0.2) is 31.7 Å². The maximum atomic E-state index is 12.5. The molecule has 2 aromatic rings. The molecular weight excluding hydrogens is 372 g/mol. The highest BCUT2D eigenvalue weighted by Gasteiger charge is 2.22. The van der Waals surface area contributed by atoms with E-state index in [0.717, 1.165) is 27.9 Å². The zero-order valence-electron chi connectivity index (χ0n) is 13.6. The van der Waals surface area contributed by atoms with Gasteiger partial charge in [0.05, 0.1) is 14.2 Å². The summed E-state index contributed by atoms with van der Waals surface area (Å²) in [6, 6.07) is 11.4. The minimum absolute atomic E-state index is 0.0993. The summed E-state index contributed by atoms with van der Waals surface area (Å²) in [5.74, 6) is 1.41. The van der Waals surface area contributed by atoms with Gasteiger partial charge in [-0.3, -0.25) is 0 Å². The van der Waals surface area contributed by atoms with E-state index in [1.807, 2.05) is 36.4 Å². The Balaban J connectivity index is 1.74. The number of benzene rings is 2. The van der Waals surface area contributed by atoms with Gasteiger partial charge in [0.25, 0.3) is 0 Å². The smallest absolute Gasteiger partial charge is 0.322 e. The number of nitrogens with one attached hydrogen (secondary N) is 1. The molecule has 1 aliphatic rings. The van der Waals surface area contributed by atoms with Crippen LogP contribution in [0, 0.1) is 0 Å². The lowest BCUT2D eigenvalue weighted by atomic mass is 9.99. The van der Waals surface area contributed by atoms with Gasteiger partial charge in [-0.05, 0) is 53.9 Å². The number of carbonyl (C=O) groups excluding carboxylic acids is 1. The number of anilines is 1. The van der Waals surface area contributed by atoms with Crippen molar-refractivity contribution in [3.05, 3.63) is 52.0 Å². The van der Waals surface area contributed by atoms with Gasteiger partial charge in [-0.15, -0.1) is 0 Å². The molecule has 0 fully saturated rings. The van der Waals surface area contributed by atoms with E-state index in [9.17, 15) is 4.79 Å². The molecule has 0 aromatic heterocycles. The van der Waals surface area contributed by atoms with E-state index in [-0.39, 0.29) is 6.03 Å². The van der Waals surface area contributed by atoms with Crippen molar-refractivity contribution in [2.24, 2.45) is 0 Å². The molecule has 0 aliphatic carbocycles. The number of urea groups is 1. The monoisotopic (exact) mass is 390 g/mol. The molecule has 0 radical (unpaired) electrons. The summed E-state index contributed by atoms with van der Waals surface area (Å²) >= 11 is 3.39. The van der Waals surface area contributed by atoms with Gasteiger partial charge in [-0.25, -0.2) is 4.79 Å². The largest absolute Gasteiger partial charge is 0.493 e. The fourth-order valence-corrected chi connectivity index (χ4v) is 3.06. The Kier molecular flexibility index (Phi) is 4.94. The predicted molar refractivity (Wildman–Crippen MR) is 96.8 cm³/mol.